The minimum Gasteiger partial charge on any atom is -0.328 e. The normalized spacial score (nSPS) is 15.6. The molecule has 0 bridgehead atoms. The van der Waals surface area contributed by atoms with Gasteiger partial charge in [-0.15, -0.1) is 0 Å². The van der Waals surface area contributed by atoms with Crippen LogP contribution in [-0.4, -0.2) is 6.04 Å². The van der Waals surface area contributed by atoms with Crippen LogP contribution in [0.2, 0.25) is 0 Å². The van der Waals surface area contributed by atoms with Crippen LogP contribution in [0, 0.1) is 6.92 Å². The van der Waals surface area contributed by atoms with E-state index in [0.29, 0.717) is 0 Å². The van der Waals surface area contributed by atoms with Crippen molar-refractivity contribution in [2.24, 2.45) is 5.73 Å². The number of nitrogens with two attached hydrogens (primary N) is 1. The third-order valence-corrected chi connectivity index (χ3v) is 2.59. The molecule has 2 rings (SSSR count). The lowest BCUT2D eigenvalue weighted by Crippen LogP contribution is -2.18. The van der Waals surface area contributed by atoms with Gasteiger partial charge in [0.2, 0.25) is 0 Å². The molecule has 0 fully saturated rings. The maximum atomic E-state index is 5.76. The monoisotopic (exact) mass is 161 g/mol. The van der Waals surface area contributed by atoms with Crippen LogP contribution in [0.4, 0.5) is 0 Å². The Hall–Kier alpha value is -0.820. The van der Waals surface area contributed by atoms with E-state index >= 15 is 0 Å². The molecule has 0 aliphatic heterocycles. The average Bonchev–Trinajstić information content (AvgIpc) is 2.73. The Balaban J connectivity index is 2.28. The van der Waals surface area contributed by atoms with Crippen molar-refractivity contribution in [3.05, 3.63) is 34.4 Å². The van der Waals surface area contributed by atoms with Crippen molar-refractivity contribution in [2.45, 2.75) is 32.7 Å². The molecule has 2 N–H and O–H groups in total. The highest BCUT2D eigenvalue weighted by Crippen LogP contribution is 2.33. The van der Waals surface area contributed by atoms with Crippen LogP contribution in [0.1, 0.15) is 29.2 Å². The number of hydrogen-bond acceptors (Lipinski definition) is 1. The molecule has 0 saturated heterocycles. The molecule has 1 aromatic rings. The highest BCUT2D eigenvalue weighted by molar-refractivity contribution is 5.53. The summed E-state index contributed by atoms with van der Waals surface area (Å²) in [6.07, 6.45) is 2.23. The van der Waals surface area contributed by atoms with E-state index in [0.717, 1.165) is 6.42 Å². The number of hydrogen-bond donors (Lipinski definition) is 1. The van der Waals surface area contributed by atoms with Crippen molar-refractivity contribution in [3.8, 4) is 0 Å². The molecule has 1 aromatic carbocycles. The van der Waals surface area contributed by atoms with E-state index in [2.05, 4.69) is 26.0 Å². The lowest BCUT2D eigenvalue weighted by atomic mass is 10.0. The van der Waals surface area contributed by atoms with Crippen molar-refractivity contribution in [1.29, 1.82) is 0 Å². The molecule has 1 heteroatoms. The summed E-state index contributed by atoms with van der Waals surface area (Å²) in [5, 5.41) is 0. The van der Waals surface area contributed by atoms with Gasteiger partial charge < -0.3 is 5.73 Å². The zero-order valence-electron chi connectivity index (χ0n) is 7.72. The SMILES string of the molecule is Cc1c(CC(C)N)ccc2c1C2. The molecule has 0 amide bonds. The predicted molar refractivity (Wildman–Crippen MR) is 51.3 cm³/mol. The van der Waals surface area contributed by atoms with Crippen LogP contribution >= 0.6 is 0 Å². The molecule has 0 heterocycles. The molecule has 1 nitrogen and oxygen atoms in total. The van der Waals surface area contributed by atoms with E-state index in [1.165, 1.54) is 23.1 Å². The van der Waals surface area contributed by atoms with Crippen molar-refractivity contribution in [1.82, 2.24) is 0 Å². The van der Waals surface area contributed by atoms with Crippen molar-refractivity contribution < 1.29 is 0 Å². The van der Waals surface area contributed by atoms with E-state index in [1.807, 2.05) is 0 Å². The number of rotatable bonds is 2. The first-order valence-electron chi connectivity index (χ1n) is 4.54. The van der Waals surface area contributed by atoms with Crippen LogP contribution in [0.25, 0.3) is 0 Å². The Kier molecular flexibility index (Phi) is 1.69. The van der Waals surface area contributed by atoms with Gasteiger partial charge >= 0.3 is 0 Å². The fourth-order valence-electron chi connectivity index (χ4n) is 1.77. The highest BCUT2D eigenvalue weighted by Gasteiger charge is 2.20. The van der Waals surface area contributed by atoms with Crippen molar-refractivity contribution >= 4 is 0 Å². The summed E-state index contributed by atoms with van der Waals surface area (Å²) in [5.74, 6) is 0. The Morgan fingerprint density at radius 2 is 2.25 bits per heavy atom. The summed E-state index contributed by atoms with van der Waals surface area (Å²) in [6.45, 7) is 4.27. The van der Waals surface area contributed by atoms with Crippen molar-refractivity contribution in [2.75, 3.05) is 0 Å². The molecular formula is C11H15N. The van der Waals surface area contributed by atoms with Crippen LogP contribution in [0.3, 0.4) is 0 Å². The fourth-order valence-corrected chi connectivity index (χ4v) is 1.77. The Morgan fingerprint density at radius 3 is 2.92 bits per heavy atom. The van der Waals surface area contributed by atoms with Crippen LogP contribution in [-0.2, 0) is 12.8 Å². The van der Waals surface area contributed by atoms with Gasteiger partial charge in [-0.25, -0.2) is 0 Å². The van der Waals surface area contributed by atoms with E-state index < -0.39 is 0 Å². The smallest absolute Gasteiger partial charge is 0.00510 e. The maximum Gasteiger partial charge on any atom is 0.00510 e. The summed E-state index contributed by atoms with van der Waals surface area (Å²) < 4.78 is 0. The fraction of sp³-hybridized carbons (Fsp3) is 0.455. The second kappa shape index (κ2) is 2.60. The van der Waals surface area contributed by atoms with Gasteiger partial charge in [-0.1, -0.05) is 12.1 Å². The second-order valence-electron chi connectivity index (χ2n) is 3.85. The van der Waals surface area contributed by atoms with Crippen molar-refractivity contribution in [3.63, 3.8) is 0 Å². The summed E-state index contributed by atoms with van der Waals surface area (Å²) >= 11 is 0. The first kappa shape index (κ1) is 7.81. The third-order valence-electron chi connectivity index (χ3n) is 2.59. The quantitative estimate of drug-likeness (QED) is 0.714. The van der Waals surface area contributed by atoms with Gasteiger partial charge in [0, 0.05) is 6.04 Å². The summed E-state index contributed by atoms with van der Waals surface area (Å²) in [5.41, 5.74) is 11.8. The average molecular weight is 161 g/mol. The van der Waals surface area contributed by atoms with Gasteiger partial charge in [0.15, 0.2) is 0 Å². The van der Waals surface area contributed by atoms with Gasteiger partial charge in [-0.3, -0.25) is 0 Å². The third kappa shape index (κ3) is 1.25. The van der Waals surface area contributed by atoms with E-state index in [1.54, 1.807) is 5.56 Å². The summed E-state index contributed by atoms with van der Waals surface area (Å²) in [6, 6.07) is 4.74. The van der Waals surface area contributed by atoms with Gasteiger partial charge in [0.05, 0.1) is 0 Å². The molecule has 1 aliphatic carbocycles. The molecular weight excluding hydrogens is 146 g/mol. The summed E-state index contributed by atoms with van der Waals surface area (Å²) in [7, 11) is 0. The lowest BCUT2D eigenvalue weighted by molar-refractivity contribution is 0.735. The van der Waals surface area contributed by atoms with E-state index in [-0.39, 0.29) is 6.04 Å². The lowest BCUT2D eigenvalue weighted by Gasteiger charge is -2.07. The molecule has 0 spiro atoms. The standard InChI is InChI=1S/C11H15N/c1-7(12)5-9-3-4-10-6-11(10)8(9)2/h3-4,7H,5-6,12H2,1-2H3. The molecule has 1 aliphatic rings. The molecule has 0 saturated carbocycles. The number of fused-ring (bicyclic) bond motifs is 1. The molecule has 1 atom stereocenters. The van der Waals surface area contributed by atoms with E-state index in [4.69, 9.17) is 5.73 Å². The van der Waals surface area contributed by atoms with Gasteiger partial charge in [-0.05, 0) is 48.9 Å². The van der Waals surface area contributed by atoms with Gasteiger partial charge in [-0.2, -0.15) is 0 Å². The topological polar surface area (TPSA) is 26.0 Å². The van der Waals surface area contributed by atoms with Crippen LogP contribution in [0.15, 0.2) is 12.1 Å². The van der Waals surface area contributed by atoms with Crippen LogP contribution < -0.4 is 5.73 Å². The first-order chi connectivity index (χ1) is 5.68. The Bertz CT molecular complexity index is 313. The Labute approximate surface area is 73.6 Å². The number of benzene rings is 1. The van der Waals surface area contributed by atoms with Gasteiger partial charge in [0.1, 0.15) is 0 Å². The minimum absolute atomic E-state index is 0.278. The highest BCUT2D eigenvalue weighted by atomic mass is 14.6. The minimum atomic E-state index is 0.278. The molecule has 12 heavy (non-hydrogen) atoms. The molecule has 0 aromatic heterocycles. The van der Waals surface area contributed by atoms with Gasteiger partial charge in [0.25, 0.3) is 0 Å². The maximum absolute atomic E-state index is 5.76. The van der Waals surface area contributed by atoms with E-state index in [9.17, 15) is 0 Å². The summed E-state index contributed by atoms with van der Waals surface area (Å²) in [4.78, 5) is 0. The first-order valence-corrected chi connectivity index (χ1v) is 4.54. The molecule has 0 radical (unpaired) electrons. The predicted octanol–water partition coefficient (Wildman–Crippen LogP) is 1.79. The molecule has 1 unspecified atom stereocenters. The molecule has 64 valence electrons. The second-order valence-corrected chi connectivity index (χ2v) is 3.85. The zero-order chi connectivity index (χ0) is 8.72. The zero-order valence-corrected chi connectivity index (χ0v) is 7.72. The Morgan fingerprint density at radius 1 is 1.50 bits per heavy atom. The largest absolute Gasteiger partial charge is 0.328 e. The van der Waals surface area contributed by atoms with Crippen LogP contribution in [0.5, 0.6) is 0 Å².